The summed E-state index contributed by atoms with van der Waals surface area (Å²) in [6.07, 6.45) is 3.26. The van der Waals surface area contributed by atoms with Crippen molar-refractivity contribution in [1.82, 2.24) is 19.7 Å². The number of aryl methyl sites for hydroxylation is 3. The van der Waals surface area contributed by atoms with Gasteiger partial charge >= 0.3 is 0 Å². The van der Waals surface area contributed by atoms with Crippen LogP contribution in [0.25, 0.3) is 11.0 Å². The number of hydrogen-bond acceptors (Lipinski definition) is 5. The molecule has 2 aliphatic carbocycles. The predicted octanol–water partition coefficient (Wildman–Crippen LogP) is 3.87. The molecule has 0 aromatic carbocycles. The Hall–Kier alpha value is -2.83. The van der Waals surface area contributed by atoms with E-state index in [0.29, 0.717) is 24.3 Å². The number of carbonyl (C=O) groups excluding carboxylic acids is 1. The van der Waals surface area contributed by atoms with Crippen molar-refractivity contribution in [3.63, 3.8) is 0 Å². The Bertz CT molecular complexity index is 1110. The summed E-state index contributed by atoms with van der Waals surface area (Å²) in [6.45, 7) is 6.67. The van der Waals surface area contributed by atoms with Gasteiger partial charge in [-0.1, -0.05) is 6.92 Å². The third kappa shape index (κ3) is 3.57. The highest BCUT2D eigenvalue weighted by molar-refractivity contribution is 5.86. The molecule has 30 heavy (non-hydrogen) atoms. The van der Waals surface area contributed by atoms with Crippen molar-refractivity contribution in [1.29, 1.82) is 0 Å². The summed E-state index contributed by atoms with van der Waals surface area (Å²) in [5.41, 5.74) is 2.75. The molecule has 1 amide bonds. The van der Waals surface area contributed by atoms with Crippen LogP contribution in [-0.4, -0.2) is 38.2 Å². The third-order valence-corrected chi connectivity index (χ3v) is 6.21. The second kappa shape index (κ2) is 7.15. The highest BCUT2D eigenvalue weighted by Gasteiger charge is 2.37. The van der Waals surface area contributed by atoms with Crippen molar-refractivity contribution in [3.05, 3.63) is 41.0 Å². The van der Waals surface area contributed by atoms with Crippen molar-refractivity contribution in [2.45, 2.75) is 58.5 Å². The van der Waals surface area contributed by atoms with Gasteiger partial charge in [-0.25, -0.2) is 9.67 Å². The first-order valence-corrected chi connectivity index (χ1v) is 10.7. The summed E-state index contributed by atoms with van der Waals surface area (Å²) in [4.78, 5) is 19.4. The minimum absolute atomic E-state index is 0.0354. The van der Waals surface area contributed by atoms with Crippen LogP contribution in [0.4, 0.5) is 0 Å². The normalized spacial score (nSPS) is 20.5. The van der Waals surface area contributed by atoms with Gasteiger partial charge in [0.05, 0.1) is 11.9 Å². The van der Waals surface area contributed by atoms with Crippen LogP contribution in [0.5, 0.6) is 5.88 Å². The molecule has 5 rings (SSSR count). The molecule has 3 aromatic heterocycles. The van der Waals surface area contributed by atoms with E-state index in [4.69, 9.17) is 9.15 Å². The van der Waals surface area contributed by atoms with Gasteiger partial charge in [-0.2, -0.15) is 0 Å². The fraction of sp³-hybridized carbons (Fsp3) is 0.522. The number of carbonyl (C=O) groups is 1. The molecule has 0 spiro atoms. The van der Waals surface area contributed by atoms with Gasteiger partial charge in [-0.15, -0.1) is 5.10 Å². The van der Waals surface area contributed by atoms with Crippen LogP contribution in [0.3, 0.4) is 0 Å². The van der Waals surface area contributed by atoms with Crippen molar-refractivity contribution in [2.24, 2.45) is 13.0 Å². The molecule has 2 aliphatic rings. The third-order valence-electron chi connectivity index (χ3n) is 6.21. The molecule has 7 heteroatoms. The van der Waals surface area contributed by atoms with Gasteiger partial charge < -0.3 is 14.1 Å². The molecule has 2 atom stereocenters. The topological polar surface area (TPSA) is 73.4 Å². The maximum absolute atomic E-state index is 13.0. The molecular formula is C23H28N4O3. The highest BCUT2D eigenvalue weighted by atomic mass is 16.5. The quantitative estimate of drug-likeness (QED) is 0.593. The summed E-state index contributed by atoms with van der Waals surface area (Å²) in [5, 5.41) is 5.31. The molecule has 2 fully saturated rings. The summed E-state index contributed by atoms with van der Waals surface area (Å²) in [7, 11) is 1.84. The van der Waals surface area contributed by atoms with Gasteiger partial charge in [0, 0.05) is 24.7 Å². The Morgan fingerprint density at radius 3 is 2.80 bits per heavy atom. The minimum Gasteiger partial charge on any atom is -0.466 e. The van der Waals surface area contributed by atoms with Crippen LogP contribution in [0.15, 0.2) is 22.6 Å². The fourth-order valence-electron chi connectivity index (χ4n) is 4.24. The van der Waals surface area contributed by atoms with E-state index in [2.05, 4.69) is 23.1 Å². The first-order valence-electron chi connectivity index (χ1n) is 10.7. The molecule has 3 aromatic rings. The molecule has 0 saturated heterocycles. The van der Waals surface area contributed by atoms with Gasteiger partial charge in [-0.05, 0) is 62.8 Å². The Kier molecular flexibility index (Phi) is 4.56. The molecule has 7 nitrogen and oxygen atoms in total. The zero-order valence-electron chi connectivity index (χ0n) is 18.0. The number of furan rings is 1. The Morgan fingerprint density at radius 2 is 2.10 bits per heavy atom. The monoisotopic (exact) mass is 408 g/mol. The van der Waals surface area contributed by atoms with Crippen molar-refractivity contribution >= 4 is 16.9 Å². The van der Waals surface area contributed by atoms with Crippen LogP contribution >= 0.6 is 0 Å². The minimum atomic E-state index is -0.0385. The van der Waals surface area contributed by atoms with E-state index in [-0.39, 0.29) is 18.6 Å². The highest BCUT2D eigenvalue weighted by Crippen LogP contribution is 2.47. The molecule has 0 radical (unpaired) electrons. The number of pyridine rings is 1. The van der Waals surface area contributed by atoms with E-state index in [9.17, 15) is 4.79 Å². The van der Waals surface area contributed by atoms with E-state index >= 15 is 0 Å². The standard InChI is InChI=1S/C23H28N4O3/c1-13-10-18(13)19-8-7-17(30-19)11-27(16-5-6-16)20(28)12-29-23-21-14(2)9-15(3)24-22(21)26(4)25-23/h7-9,13,16,18H,5-6,10-12H2,1-4H3. The van der Waals surface area contributed by atoms with Crippen molar-refractivity contribution in [2.75, 3.05) is 6.61 Å². The van der Waals surface area contributed by atoms with Crippen molar-refractivity contribution in [3.8, 4) is 5.88 Å². The van der Waals surface area contributed by atoms with Gasteiger partial charge in [0.15, 0.2) is 12.3 Å². The lowest BCUT2D eigenvalue weighted by Crippen LogP contribution is -2.36. The van der Waals surface area contributed by atoms with E-state index in [0.717, 1.165) is 46.7 Å². The van der Waals surface area contributed by atoms with Crippen LogP contribution in [0.1, 0.15) is 54.9 Å². The Labute approximate surface area is 176 Å². The average molecular weight is 409 g/mol. The van der Waals surface area contributed by atoms with Crippen LogP contribution in [-0.2, 0) is 18.4 Å². The molecule has 3 heterocycles. The molecule has 158 valence electrons. The molecule has 0 bridgehead atoms. The van der Waals surface area contributed by atoms with E-state index < -0.39 is 0 Å². The Morgan fingerprint density at radius 1 is 1.33 bits per heavy atom. The molecular weight excluding hydrogens is 380 g/mol. The molecule has 2 saturated carbocycles. The summed E-state index contributed by atoms with van der Waals surface area (Å²) < 4.78 is 13.6. The Balaban J connectivity index is 1.29. The van der Waals surface area contributed by atoms with E-state index in [1.165, 1.54) is 6.42 Å². The number of rotatable bonds is 7. The van der Waals surface area contributed by atoms with Crippen LogP contribution in [0, 0.1) is 19.8 Å². The second-order valence-corrected chi connectivity index (χ2v) is 8.87. The summed E-state index contributed by atoms with van der Waals surface area (Å²) in [6, 6.07) is 6.35. The summed E-state index contributed by atoms with van der Waals surface area (Å²) in [5.74, 6) is 3.58. The average Bonchev–Trinajstić information content (AvgIpc) is 3.60. The van der Waals surface area contributed by atoms with Crippen LogP contribution < -0.4 is 4.74 Å². The number of aromatic nitrogens is 3. The zero-order chi connectivity index (χ0) is 21.0. The number of ether oxygens (including phenoxy) is 1. The number of nitrogens with zero attached hydrogens (tertiary/aromatic N) is 4. The predicted molar refractivity (Wildman–Crippen MR) is 112 cm³/mol. The molecule has 0 aliphatic heterocycles. The summed E-state index contributed by atoms with van der Waals surface area (Å²) >= 11 is 0. The lowest BCUT2D eigenvalue weighted by atomic mass is 10.2. The van der Waals surface area contributed by atoms with E-state index in [1.54, 1.807) is 4.68 Å². The maximum atomic E-state index is 13.0. The molecule has 0 N–H and O–H groups in total. The lowest BCUT2D eigenvalue weighted by molar-refractivity contribution is -0.134. The van der Waals surface area contributed by atoms with Crippen molar-refractivity contribution < 1.29 is 13.9 Å². The van der Waals surface area contributed by atoms with Gasteiger partial charge in [0.25, 0.3) is 5.91 Å². The lowest BCUT2D eigenvalue weighted by Gasteiger charge is -2.21. The smallest absolute Gasteiger partial charge is 0.261 e. The molecule has 2 unspecified atom stereocenters. The van der Waals surface area contributed by atoms with Gasteiger partial charge in [0.1, 0.15) is 11.5 Å². The largest absolute Gasteiger partial charge is 0.466 e. The number of hydrogen-bond donors (Lipinski definition) is 0. The van der Waals surface area contributed by atoms with Crippen LogP contribution in [0.2, 0.25) is 0 Å². The zero-order valence-corrected chi connectivity index (χ0v) is 18.0. The first kappa shape index (κ1) is 19.2. The first-order chi connectivity index (χ1) is 14.4. The number of fused-ring (bicyclic) bond motifs is 1. The van der Waals surface area contributed by atoms with Gasteiger partial charge in [0.2, 0.25) is 5.88 Å². The van der Waals surface area contributed by atoms with E-state index in [1.807, 2.05) is 37.9 Å². The fourth-order valence-corrected chi connectivity index (χ4v) is 4.24. The second-order valence-electron chi connectivity index (χ2n) is 8.87. The maximum Gasteiger partial charge on any atom is 0.261 e. The number of amides is 1. The van der Waals surface area contributed by atoms with Gasteiger partial charge in [-0.3, -0.25) is 4.79 Å². The SMILES string of the molecule is Cc1cc(C)c2c(OCC(=O)N(Cc3ccc(C4CC4C)o3)C3CC3)nn(C)c2n1.